The zero-order valence-electron chi connectivity index (χ0n) is 9.06. The van der Waals surface area contributed by atoms with E-state index in [1.54, 1.807) is 0 Å². The van der Waals surface area contributed by atoms with E-state index in [1.165, 1.54) is 12.3 Å². The summed E-state index contributed by atoms with van der Waals surface area (Å²) in [6, 6.07) is 1.40. The maximum Gasteiger partial charge on any atom is 0.288 e. The number of rotatable bonds is 3. The number of halogens is 1. The molecule has 17 heavy (non-hydrogen) atoms. The largest absolute Gasteiger partial charge is 0.472 e. The predicted octanol–water partition coefficient (Wildman–Crippen LogP) is 1.88. The summed E-state index contributed by atoms with van der Waals surface area (Å²) in [6.07, 6.45) is 3.32. The number of nitrogens with zero attached hydrogens (tertiary/aromatic N) is 2. The molecule has 7 heteroatoms. The van der Waals surface area contributed by atoms with Crippen molar-refractivity contribution in [2.75, 3.05) is 13.1 Å². The van der Waals surface area contributed by atoms with Crippen LogP contribution in [-0.4, -0.2) is 29.1 Å². The molecule has 2 rings (SSSR count). The van der Waals surface area contributed by atoms with Gasteiger partial charge in [-0.25, -0.2) is 4.98 Å². The number of hydrogen-bond donors (Lipinski definition) is 1. The van der Waals surface area contributed by atoms with Crippen molar-refractivity contribution in [2.45, 2.75) is 18.9 Å². The van der Waals surface area contributed by atoms with E-state index in [0.717, 1.165) is 25.9 Å². The Kier molecular flexibility index (Phi) is 3.90. The molecule has 1 saturated heterocycles. The highest BCUT2D eigenvalue weighted by molar-refractivity contribution is 9.10. The van der Waals surface area contributed by atoms with Crippen molar-refractivity contribution >= 4 is 21.6 Å². The monoisotopic (exact) mass is 301 g/mol. The average Bonchev–Trinajstić information content (AvgIpc) is 2.33. The molecule has 1 atom stereocenters. The minimum absolute atomic E-state index is 0.0500. The van der Waals surface area contributed by atoms with Gasteiger partial charge in [-0.1, -0.05) is 0 Å². The van der Waals surface area contributed by atoms with Gasteiger partial charge in [0.1, 0.15) is 12.3 Å². The van der Waals surface area contributed by atoms with Crippen molar-refractivity contribution in [3.05, 3.63) is 26.9 Å². The van der Waals surface area contributed by atoms with Crippen molar-refractivity contribution in [1.82, 2.24) is 10.3 Å². The summed E-state index contributed by atoms with van der Waals surface area (Å²) >= 11 is 3.23. The minimum atomic E-state index is -0.482. The standard InChI is InChI=1S/C10H12BrN3O3/c11-9-4-7(14(15)16)5-13-10(9)17-8-2-1-3-12-6-8/h4-5,8,12H,1-3,6H2/t8-/m0/s1. The number of nitro groups is 1. The fourth-order valence-electron chi connectivity index (χ4n) is 1.68. The molecule has 0 bridgehead atoms. The lowest BCUT2D eigenvalue weighted by Gasteiger charge is -2.23. The lowest BCUT2D eigenvalue weighted by molar-refractivity contribution is -0.385. The molecule has 1 fully saturated rings. The molecular weight excluding hydrogens is 290 g/mol. The molecule has 0 saturated carbocycles. The van der Waals surface area contributed by atoms with Crippen LogP contribution in [0.15, 0.2) is 16.7 Å². The van der Waals surface area contributed by atoms with Gasteiger partial charge in [-0.05, 0) is 35.3 Å². The molecule has 92 valence electrons. The highest BCUT2D eigenvalue weighted by Crippen LogP contribution is 2.27. The second kappa shape index (κ2) is 5.42. The molecule has 0 spiro atoms. The quantitative estimate of drug-likeness (QED) is 0.681. The summed E-state index contributed by atoms with van der Waals surface area (Å²) in [5.74, 6) is 0.407. The van der Waals surface area contributed by atoms with Gasteiger partial charge in [0.15, 0.2) is 0 Å². The first-order chi connectivity index (χ1) is 8.16. The first kappa shape index (κ1) is 12.3. The predicted molar refractivity (Wildman–Crippen MR) is 65.1 cm³/mol. The SMILES string of the molecule is O=[N+]([O-])c1cnc(O[C@H]2CCCNC2)c(Br)c1. The van der Waals surface area contributed by atoms with Gasteiger partial charge in [-0.2, -0.15) is 0 Å². The summed E-state index contributed by atoms with van der Waals surface area (Å²) in [5.41, 5.74) is -0.0500. The first-order valence-corrected chi connectivity index (χ1v) is 6.13. The van der Waals surface area contributed by atoms with Gasteiger partial charge in [-0.3, -0.25) is 10.1 Å². The van der Waals surface area contributed by atoms with Crippen LogP contribution in [0.3, 0.4) is 0 Å². The van der Waals surface area contributed by atoms with Crippen molar-refractivity contribution < 1.29 is 9.66 Å². The smallest absolute Gasteiger partial charge is 0.288 e. The van der Waals surface area contributed by atoms with Crippen molar-refractivity contribution in [3.63, 3.8) is 0 Å². The number of pyridine rings is 1. The maximum absolute atomic E-state index is 10.5. The molecule has 2 heterocycles. The van der Waals surface area contributed by atoms with E-state index in [9.17, 15) is 10.1 Å². The van der Waals surface area contributed by atoms with Crippen LogP contribution in [0, 0.1) is 10.1 Å². The van der Waals surface area contributed by atoms with E-state index < -0.39 is 4.92 Å². The zero-order valence-corrected chi connectivity index (χ0v) is 10.6. The summed E-state index contributed by atoms with van der Waals surface area (Å²) in [7, 11) is 0. The first-order valence-electron chi connectivity index (χ1n) is 5.34. The van der Waals surface area contributed by atoms with Gasteiger partial charge in [-0.15, -0.1) is 0 Å². The molecule has 0 unspecified atom stereocenters. The van der Waals surface area contributed by atoms with Crippen LogP contribution in [0.1, 0.15) is 12.8 Å². The van der Waals surface area contributed by atoms with Crippen molar-refractivity contribution in [2.24, 2.45) is 0 Å². The van der Waals surface area contributed by atoms with Crippen molar-refractivity contribution in [1.29, 1.82) is 0 Å². The van der Waals surface area contributed by atoms with Crippen LogP contribution in [0.2, 0.25) is 0 Å². The maximum atomic E-state index is 10.5. The van der Waals surface area contributed by atoms with Gasteiger partial charge >= 0.3 is 0 Å². The Morgan fingerprint density at radius 3 is 3.06 bits per heavy atom. The number of nitrogens with one attached hydrogen (secondary N) is 1. The summed E-state index contributed by atoms with van der Waals surface area (Å²) in [6.45, 7) is 1.79. The molecule has 1 aromatic heterocycles. The Balaban J connectivity index is 2.08. The Bertz CT molecular complexity index is 421. The summed E-state index contributed by atoms with van der Waals surface area (Å²) in [4.78, 5) is 14.0. The van der Waals surface area contributed by atoms with Crippen LogP contribution in [0.4, 0.5) is 5.69 Å². The fourth-order valence-corrected chi connectivity index (χ4v) is 2.11. The van der Waals surface area contributed by atoms with Crippen LogP contribution in [-0.2, 0) is 0 Å². The molecule has 1 aliphatic rings. The van der Waals surface area contributed by atoms with Crippen LogP contribution in [0.5, 0.6) is 5.88 Å². The third-order valence-electron chi connectivity index (χ3n) is 2.53. The topological polar surface area (TPSA) is 77.3 Å². The Morgan fingerprint density at radius 1 is 1.65 bits per heavy atom. The number of aromatic nitrogens is 1. The molecule has 1 aliphatic heterocycles. The third-order valence-corrected chi connectivity index (χ3v) is 3.10. The number of ether oxygens (including phenoxy) is 1. The molecule has 0 aromatic carbocycles. The molecule has 0 amide bonds. The second-order valence-electron chi connectivity index (χ2n) is 3.82. The molecular formula is C10H12BrN3O3. The summed E-state index contributed by atoms with van der Waals surface area (Å²) in [5, 5.41) is 13.8. The molecule has 0 aliphatic carbocycles. The van der Waals surface area contributed by atoms with Crippen LogP contribution < -0.4 is 10.1 Å². The minimum Gasteiger partial charge on any atom is -0.472 e. The summed E-state index contributed by atoms with van der Waals surface area (Å²) < 4.78 is 6.19. The third kappa shape index (κ3) is 3.13. The van der Waals surface area contributed by atoms with E-state index in [2.05, 4.69) is 26.2 Å². The van der Waals surface area contributed by atoms with Gasteiger partial charge < -0.3 is 10.1 Å². The highest BCUT2D eigenvalue weighted by atomic mass is 79.9. The lowest BCUT2D eigenvalue weighted by atomic mass is 10.1. The molecule has 0 radical (unpaired) electrons. The van der Waals surface area contributed by atoms with Gasteiger partial charge in [0.25, 0.3) is 5.69 Å². The normalized spacial score (nSPS) is 19.9. The van der Waals surface area contributed by atoms with Gasteiger partial charge in [0, 0.05) is 12.6 Å². The van der Waals surface area contributed by atoms with E-state index in [1.807, 2.05) is 0 Å². The number of piperidine rings is 1. The van der Waals surface area contributed by atoms with E-state index >= 15 is 0 Å². The molecule has 1 N–H and O–H groups in total. The van der Waals surface area contributed by atoms with Gasteiger partial charge in [0.2, 0.25) is 5.88 Å². The Labute approximate surface area is 107 Å². The molecule has 6 nitrogen and oxygen atoms in total. The zero-order chi connectivity index (χ0) is 12.3. The average molecular weight is 302 g/mol. The highest BCUT2D eigenvalue weighted by Gasteiger charge is 2.18. The fraction of sp³-hybridized carbons (Fsp3) is 0.500. The van der Waals surface area contributed by atoms with Crippen molar-refractivity contribution in [3.8, 4) is 5.88 Å². The molecule has 1 aromatic rings. The van der Waals surface area contributed by atoms with Crippen LogP contribution >= 0.6 is 15.9 Å². The Morgan fingerprint density at radius 2 is 2.47 bits per heavy atom. The van der Waals surface area contributed by atoms with E-state index in [4.69, 9.17) is 4.74 Å². The Hall–Kier alpha value is -1.21. The number of hydrogen-bond acceptors (Lipinski definition) is 5. The van der Waals surface area contributed by atoms with Crippen LogP contribution in [0.25, 0.3) is 0 Å². The van der Waals surface area contributed by atoms with Gasteiger partial charge in [0.05, 0.1) is 9.40 Å². The second-order valence-corrected chi connectivity index (χ2v) is 4.68. The van der Waals surface area contributed by atoms with E-state index in [0.29, 0.717) is 10.4 Å². The lowest BCUT2D eigenvalue weighted by Crippen LogP contribution is -2.37. The van der Waals surface area contributed by atoms with E-state index in [-0.39, 0.29) is 11.8 Å².